The first kappa shape index (κ1) is 27.8. The molecule has 2 atom stereocenters. The zero-order valence-electron chi connectivity index (χ0n) is 21.7. The summed E-state index contributed by atoms with van der Waals surface area (Å²) >= 11 is 1.32. The number of amides is 1. The van der Waals surface area contributed by atoms with E-state index in [0.717, 1.165) is 29.3 Å². The fourth-order valence-corrected chi connectivity index (χ4v) is 5.87. The molecule has 0 aliphatic heterocycles. The van der Waals surface area contributed by atoms with Crippen molar-refractivity contribution in [1.82, 2.24) is 0 Å². The highest BCUT2D eigenvalue weighted by atomic mass is 32.1. The maximum atomic E-state index is 13.6. The first-order valence-corrected chi connectivity index (χ1v) is 13.3. The molecule has 11 heteroatoms. The van der Waals surface area contributed by atoms with Gasteiger partial charge in [0.15, 0.2) is 5.75 Å². The smallest absolute Gasteiger partial charge is 0.341 e. The van der Waals surface area contributed by atoms with E-state index in [4.69, 9.17) is 14.2 Å². The molecular weight excluding hydrogens is 524 g/mol. The highest BCUT2D eigenvalue weighted by Gasteiger charge is 2.32. The topological polar surface area (TPSA) is 134 Å². The molecule has 1 N–H and O–H groups in total. The van der Waals surface area contributed by atoms with Gasteiger partial charge in [0.2, 0.25) is 6.10 Å². The molecule has 0 radical (unpaired) electrons. The third kappa shape index (κ3) is 6.09. The fraction of sp³-hybridized carbons (Fsp3) is 0.321. The summed E-state index contributed by atoms with van der Waals surface area (Å²) in [6.07, 6.45) is 1.01. The number of carbonyl (C=O) groups excluding carboxylic acids is 3. The lowest BCUT2D eigenvalue weighted by molar-refractivity contribution is -0.385. The molecule has 0 bridgehead atoms. The Balaban J connectivity index is 1.66. The molecule has 2 aromatic carbocycles. The molecule has 3 aromatic rings. The first-order chi connectivity index (χ1) is 18.7. The lowest BCUT2D eigenvalue weighted by Crippen LogP contribution is -2.26. The molecule has 1 amide bonds. The Morgan fingerprint density at radius 2 is 1.90 bits per heavy atom. The predicted molar refractivity (Wildman–Crippen MR) is 144 cm³/mol. The molecule has 0 saturated heterocycles. The Kier molecular flexibility index (Phi) is 8.60. The van der Waals surface area contributed by atoms with E-state index in [1.54, 1.807) is 37.3 Å². The summed E-state index contributed by atoms with van der Waals surface area (Å²) in [6, 6.07) is 12.0. The number of nitro groups is 1. The average molecular weight is 553 g/mol. The minimum Gasteiger partial charge on any atom is -0.490 e. The van der Waals surface area contributed by atoms with Crippen LogP contribution in [0.1, 0.15) is 63.1 Å². The highest BCUT2D eigenvalue weighted by molar-refractivity contribution is 7.17. The number of ether oxygens (including phenoxy) is 3. The van der Waals surface area contributed by atoms with Crippen molar-refractivity contribution in [1.29, 1.82) is 0 Å². The number of hydrogen-bond donors (Lipinski definition) is 1. The van der Waals surface area contributed by atoms with Crippen LogP contribution in [0.4, 0.5) is 10.7 Å². The van der Waals surface area contributed by atoms with Gasteiger partial charge in [-0.1, -0.05) is 37.3 Å². The monoisotopic (exact) mass is 552 g/mol. The summed E-state index contributed by atoms with van der Waals surface area (Å²) < 4.78 is 15.9. The zero-order valence-corrected chi connectivity index (χ0v) is 22.5. The maximum absolute atomic E-state index is 13.6. The SMILES string of the molecule is CCOC(=O)c1c(NC(=O)[C@H](OC(=O)c2ccc(OC)c([N+](=O)[O-])c2)c2ccccc2)sc2c1CC[C@H](C)C2. The van der Waals surface area contributed by atoms with Crippen molar-refractivity contribution in [2.45, 2.75) is 39.2 Å². The second-order valence-electron chi connectivity index (χ2n) is 9.11. The number of fused-ring (bicyclic) bond motifs is 1. The van der Waals surface area contributed by atoms with Crippen LogP contribution in [-0.2, 0) is 27.1 Å². The van der Waals surface area contributed by atoms with Crippen LogP contribution >= 0.6 is 11.3 Å². The molecule has 10 nitrogen and oxygen atoms in total. The molecule has 0 fully saturated rings. The Hall–Kier alpha value is -4.25. The normalized spacial score (nSPS) is 15.0. The van der Waals surface area contributed by atoms with E-state index in [2.05, 4.69) is 12.2 Å². The molecular formula is C28H28N2O8S. The number of nitro benzene ring substituents is 1. The number of hydrogen-bond acceptors (Lipinski definition) is 9. The van der Waals surface area contributed by atoms with Crippen LogP contribution in [0.3, 0.4) is 0 Å². The van der Waals surface area contributed by atoms with Gasteiger partial charge in [0.05, 0.1) is 29.8 Å². The number of thiophene rings is 1. The number of methoxy groups -OCH3 is 1. The van der Waals surface area contributed by atoms with Crippen molar-refractivity contribution >= 4 is 39.9 Å². The first-order valence-electron chi connectivity index (χ1n) is 12.4. The summed E-state index contributed by atoms with van der Waals surface area (Å²) in [4.78, 5) is 51.3. The van der Waals surface area contributed by atoms with E-state index in [1.165, 1.54) is 30.6 Å². The lowest BCUT2D eigenvalue weighted by atomic mass is 9.88. The third-order valence-corrected chi connectivity index (χ3v) is 7.57. The molecule has 39 heavy (non-hydrogen) atoms. The summed E-state index contributed by atoms with van der Waals surface area (Å²) in [5.41, 5.74) is 1.07. The van der Waals surface area contributed by atoms with E-state index in [0.29, 0.717) is 28.5 Å². The number of benzene rings is 2. The highest BCUT2D eigenvalue weighted by Crippen LogP contribution is 2.40. The molecule has 0 unspecified atom stereocenters. The summed E-state index contributed by atoms with van der Waals surface area (Å²) in [5, 5.41) is 14.6. The Morgan fingerprint density at radius 3 is 2.56 bits per heavy atom. The number of rotatable bonds is 9. The second kappa shape index (κ2) is 12.1. The average Bonchev–Trinajstić information content (AvgIpc) is 3.28. The fourth-order valence-electron chi connectivity index (χ4n) is 4.47. The van der Waals surface area contributed by atoms with E-state index < -0.39 is 34.6 Å². The van der Waals surface area contributed by atoms with Crippen molar-refractivity contribution in [3.63, 3.8) is 0 Å². The van der Waals surface area contributed by atoms with Crippen LogP contribution in [0.2, 0.25) is 0 Å². The van der Waals surface area contributed by atoms with Gasteiger partial charge in [-0.25, -0.2) is 9.59 Å². The molecule has 204 valence electrons. The van der Waals surface area contributed by atoms with Gasteiger partial charge in [0.25, 0.3) is 5.91 Å². The molecule has 0 saturated carbocycles. The standard InChI is InChI=1S/C28H28N2O8S/c1-4-37-28(33)23-19-12-10-16(2)14-22(19)39-26(23)29-25(31)24(17-8-6-5-7-9-17)38-27(32)18-11-13-21(36-3)20(15-18)30(34)35/h5-9,11,13,15-16,24H,4,10,12,14H2,1-3H3,(H,29,31)/t16-,24+/m0/s1. The quantitative estimate of drug-likeness (QED) is 0.209. The van der Waals surface area contributed by atoms with Crippen LogP contribution in [0.25, 0.3) is 0 Å². The number of carbonyl (C=O) groups is 3. The summed E-state index contributed by atoms with van der Waals surface area (Å²) in [5.74, 6) is -1.69. The van der Waals surface area contributed by atoms with E-state index in [9.17, 15) is 24.5 Å². The maximum Gasteiger partial charge on any atom is 0.341 e. The largest absolute Gasteiger partial charge is 0.490 e. The van der Waals surface area contributed by atoms with Gasteiger partial charge in [0.1, 0.15) is 5.00 Å². The molecule has 0 spiro atoms. The Labute approximate surface area is 229 Å². The van der Waals surface area contributed by atoms with Crippen molar-refractivity contribution in [3.8, 4) is 5.75 Å². The molecule has 1 aliphatic rings. The van der Waals surface area contributed by atoms with Crippen LogP contribution in [-0.4, -0.2) is 36.5 Å². The van der Waals surface area contributed by atoms with Gasteiger partial charge < -0.3 is 19.5 Å². The van der Waals surface area contributed by atoms with Crippen molar-refractivity contribution in [2.24, 2.45) is 5.92 Å². The summed E-state index contributed by atoms with van der Waals surface area (Å²) in [6.45, 7) is 4.04. The Morgan fingerprint density at radius 1 is 1.15 bits per heavy atom. The number of esters is 2. The van der Waals surface area contributed by atoms with Crippen LogP contribution in [0, 0.1) is 16.0 Å². The molecule has 1 aromatic heterocycles. The van der Waals surface area contributed by atoms with Gasteiger partial charge in [0, 0.05) is 16.5 Å². The van der Waals surface area contributed by atoms with E-state index in [1.807, 2.05) is 0 Å². The van der Waals surface area contributed by atoms with Gasteiger partial charge in [-0.3, -0.25) is 14.9 Å². The predicted octanol–water partition coefficient (Wildman–Crippen LogP) is 5.50. The zero-order chi connectivity index (χ0) is 28.1. The molecule has 4 rings (SSSR count). The van der Waals surface area contributed by atoms with E-state index in [-0.39, 0.29) is 17.9 Å². The number of nitrogens with zero attached hydrogens (tertiary/aromatic N) is 1. The van der Waals surface area contributed by atoms with Crippen molar-refractivity contribution < 1.29 is 33.5 Å². The van der Waals surface area contributed by atoms with Gasteiger partial charge in [-0.15, -0.1) is 11.3 Å². The third-order valence-electron chi connectivity index (χ3n) is 6.40. The van der Waals surface area contributed by atoms with E-state index >= 15 is 0 Å². The van der Waals surface area contributed by atoms with Crippen molar-refractivity contribution in [2.75, 3.05) is 19.0 Å². The summed E-state index contributed by atoms with van der Waals surface area (Å²) in [7, 11) is 1.28. The van der Waals surface area contributed by atoms with Crippen molar-refractivity contribution in [3.05, 3.63) is 85.8 Å². The van der Waals surface area contributed by atoms with Gasteiger partial charge in [-0.05, 0) is 49.8 Å². The van der Waals surface area contributed by atoms with Gasteiger partial charge >= 0.3 is 17.6 Å². The Bertz CT molecular complexity index is 1400. The van der Waals surface area contributed by atoms with Gasteiger partial charge in [-0.2, -0.15) is 0 Å². The lowest BCUT2D eigenvalue weighted by Gasteiger charge is -2.19. The number of anilines is 1. The second-order valence-corrected chi connectivity index (χ2v) is 10.2. The minimum absolute atomic E-state index is 0.0172. The molecule has 1 aliphatic carbocycles. The van der Waals surface area contributed by atoms with Crippen LogP contribution in [0.5, 0.6) is 5.75 Å². The van der Waals surface area contributed by atoms with Crippen LogP contribution < -0.4 is 10.1 Å². The minimum atomic E-state index is -1.40. The number of nitrogens with one attached hydrogen (secondary N) is 1. The van der Waals surface area contributed by atoms with Crippen LogP contribution in [0.15, 0.2) is 48.5 Å². The molecule has 1 heterocycles.